The lowest BCUT2D eigenvalue weighted by Gasteiger charge is -2.40. The highest BCUT2D eigenvalue weighted by Gasteiger charge is 2.33. The highest BCUT2D eigenvalue weighted by molar-refractivity contribution is 7.11. The minimum atomic E-state index is -0.223. The average Bonchev–Trinajstić information content (AvgIpc) is 3.17. The normalized spacial score (nSPS) is 28.4. The largest absolute Gasteiger partial charge is 0.379 e. The second kappa shape index (κ2) is 7.69. The van der Waals surface area contributed by atoms with Gasteiger partial charge in [-0.1, -0.05) is 0 Å². The number of rotatable bonds is 4. The molecule has 136 valence electrons. The van der Waals surface area contributed by atoms with Gasteiger partial charge in [-0.25, -0.2) is 4.98 Å². The maximum atomic E-state index is 12.8. The van der Waals surface area contributed by atoms with Gasteiger partial charge in [0.25, 0.3) is 5.91 Å². The van der Waals surface area contributed by atoms with Crippen molar-refractivity contribution in [2.75, 3.05) is 39.4 Å². The van der Waals surface area contributed by atoms with Crippen LogP contribution in [-0.2, 0) is 9.53 Å². The molecule has 8 nitrogen and oxygen atoms in total. The highest BCUT2D eigenvalue weighted by atomic mass is 32.1. The van der Waals surface area contributed by atoms with Crippen molar-refractivity contribution in [3.63, 3.8) is 0 Å². The number of morpholine rings is 1. The lowest BCUT2D eigenvalue weighted by molar-refractivity contribution is -0.119. The van der Waals surface area contributed by atoms with Crippen LogP contribution in [0.15, 0.2) is 17.4 Å². The van der Waals surface area contributed by atoms with Gasteiger partial charge in [0, 0.05) is 37.3 Å². The van der Waals surface area contributed by atoms with Crippen molar-refractivity contribution >= 4 is 22.8 Å². The predicted octanol–water partition coefficient (Wildman–Crippen LogP) is -0.511. The van der Waals surface area contributed by atoms with Gasteiger partial charge in [0.05, 0.1) is 13.2 Å². The van der Waals surface area contributed by atoms with E-state index in [1.807, 2.05) is 5.38 Å². The summed E-state index contributed by atoms with van der Waals surface area (Å²) in [5, 5.41) is 16.1. The third-order valence-corrected chi connectivity index (χ3v) is 5.52. The van der Waals surface area contributed by atoms with Crippen LogP contribution in [0.5, 0.6) is 0 Å². The number of carbonyl (C=O) groups excluding carboxylic acids is 1. The number of ether oxygens (including phenoxy) is 1. The summed E-state index contributed by atoms with van der Waals surface area (Å²) >= 11 is 1.48. The monoisotopic (exact) mass is 364 g/mol. The molecule has 4 rings (SSSR count). The Morgan fingerprint density at radius 2 is 2.20 bits per heavy atom. The van der Waals surface area contributed by atoms with Crippen LogP contribution in [0.3, 0.4) is 0 Å². The van der Waals surface area contributed by atoms with Crippen LogP contribution in [0, 0.1) is 0 Å². The summed E-state index contributed by atoms with van der Waals surface area (Å²) in [6.07, 6.45) is 3.73. The Hall–Kier alpha value is -1.68. The average molecular weight is 364 g/mol. The van der Waals surface area contributed by atoms with Crippen LogP contribution in [-0.4, -0.2) is 67.5 Å². The van der Waals surface area contributed by atoms with E-state index in [0.29, 0.717) is 24.8 Å². The van der Waals surface area contributed by atoms with E-state index in [1.54, 1.807) is 6.20 Å². The van der Waals surface area contributed by atoms with Crippen LogP contribution in [0.4, 0.5) is 0 Å². The molecule has 0 aliphatic carbocycles. The van der Waals surface area contributed by atoms with Crippen molar-refractivity contribution in [1.29, 1.82) is 0 Å². The summed E-state index contributed by atoms with van der Waals surface area (Å²) < 4.78 is 5.42. The first-order valence-electron chi connectivity index (χ1n) is 8.82. The van der Waals surface area contributed by atoms with E-state index in [1.165, 1.54) is 11.3 Å². The van der Waals surface area contributed by atoms with Crippen LogP contribution in [0.2, 0.25) is 0 Å². The van der Waals surface area contributed by atoms with Crippen molar-refractivity contribution in [2.24, 2.45) is 0 Å². The van der Waals surface area contributed by atoms with Crippen molar-refractivity contribution in [3.05, 3.63) is 22.4 Å². The standard InChI is InChI=1S/C16H24N6O2S/c23-14-12(15-18-4-9-25-15)13(19-11-2-1-3-17-10-11)20-16(21-14)22-5-7-24-8-6-22/h4,9,11,16-17,19-20H,1-3,5-8,10H2,(H,21,23)/t11-,16?/m1/s1. The molecular weight excluding hydrogens is 340 g/mol. The molecule has 3 aliphatic rings. The molecule has 1 amide bonds. The first-order valence-corrected chi connectivity index (χ1v) is 9.70. The van der Waals surface area contributed by atoms with E-state index in [4.69, 9.17) is 4.74 Å². The van der Waals surface area contributed by atoms with E-state index in [2.05, 4.69) is 31.2 Å². The second-order valence-electron chi connectivity index (χ2n) is 6.44. The Morgan fingerprint density at radius 3 is 2.92 bits per heavy atom. The van der Waals surface area contributed by atoms with Gasteiger partial charge < -0.3 is 26.0 Å². The third kappa shape index (κ3) is 3.79. The van der Waals surface area contributed by atoms with Gasteiger partial charge >= 0.3 is 0 Å². The number of amides is 1. The Balaban J connectivity index is 1.58. The maximum Gasteiger partial charge on any atom is 0.260 e. The molecule has 2 fully saturated rings. The molecule has 2 saturated heterocycles. The fraction of sp³-hybridized carbons (Fsp3) is 0.625. The Bertz CT molecular complexity index is 623. The van der Waals surface area contributed by atoms with Crippen LogP contribution in [0.1, 0.15) is 17.8 Å². The summed E-state index contributed by atoms with van der Waals surface area (Å²) in [4.78, 5) is 19.4. The predicted molar refractivity (Wildman–Crippen MR) is 95.5 cm³/mol. The lowest BCUT2D eigenvalue weighted by Crippen LogP contribution is -2.63. The molecule has 0 radical (unpaired) electrons. The smallest absolute Gasteiger partial charge is 0.260 e. The third-order valence-electron chi connectivity index (χ3n) is 4.73. The molecule has 3 aliphatic heterocycles. The molecule has 0 bridgehead atoms. The summed E-state index contributed by atoms with van der Waals surface area (Å²) in [5.41, 5.74) is 0.602. The zero-order valence-corrected chi connectivity index (χ0v) is 14.9. The minimum Gasteiger partial charge on any atom is -0.379 e. The van der Waals surface area contributed by atoms with E-state index < -0.39 is 0 Å². The molecule has 4 N–H and O–H groups in total. The van der Waals surface area contributed by atoms with Crippen molar-refractivity contribution in [2.45, 2.75) is 25.2 Å². The van der Waals surface area contributed by atoms with E-state index in [-0.39, 0.29) is 12.2 Å². The van der Waals surface area contributed by atoms with E-state index in [9.17, 15) is 4.79 Å². The number of carbonyl (C=O) groups is 1. The lowest BCUT2D eigenvalue weighted by atomic mass is 10.1. The van der Waals surface area contributed by atoms with E-state index >= 15 is 0 Å². The van der Waals surface area contributed by atoms with Crippen molar-refractivity contribution < 1.29 is 9.53 Å². The zero-order chi connectivity index (χ0) is 17.1. The number of hydrogen-bond donors (Lipinski definition) is 4. The first-order chi connectivity index (χ1) is 12.3. The molecule has 1 aromatic heterocycles. The summed E-state index contributed by atoms with van der Waals surface area (Å²) in [6, 6.07) is 0.308. The highest BCUT2D eigenvalue weighted by Crippen LogP contribution is 2.23. The fourth-order valence-corrected chi connectivity index (χ4v) is 4.10. The molecule has 9 heteroatoms. The summed E-state index contributed by atoms with van der Waals surface area (Å²) in [7, 11) is 0. The maximum absolute atomic E-state index is 12.8. The molecule has 4 heterocycles. The van der Waals surface area contributed by atoms with Crippen molar-refractivity contribution in [3.8, 4) is 0 Å². The Kier molecular flexibility index (Phi) is 5.16. The number of aromatic nitrogens is 1. The van der Waals surface area contributed by atoms with Crippen LogP contribution < -0.4 is 21.3 Å². The molecule has 1 unspecified atom stereocenters. The Labute approximate surface area is 151 Å². The topological polar surface area (TPSA) is 90.6 Å². The van der Waals surface area contributed by atoms with Gasteiger partial charge in [0.15, 0.2) is 6.29 Å². The zero-order valence-electron chi connectivity index (χ0n) is 14.1. The first kappa shape index (κ1) is 16.8. The van der Waals surface area contributed by atoms with Crippen LogP contribution in [0.25, 0.3) is 5.57 Å². The van der Waals surface area contributed by atoms with Gasteiger partial charge in [0.1, 0.15) is 16.4 Å². The molecule has 1 aromatic rings. The van der Waals surface area contributed by atoms with Gasteiger partial charge in [-0.05, 0) is 19.4 Å². The quantitative estimate of drug-likeness (QED) is 0.572. The van der Waals surface area contributed by atoms with E-state index in [0.717, 1.165) is 49.8 Å². The number of thiazole rings is 1. The van der Waals surface area contributed by atoms with Gasteiger partial charge in [0.2, 0.25) is 0 Å². The SMILES string of the molecule is O=C1NC(N2CCOCC2)NC(N[C@@H]2CCCNC2)=C1c1nccs1. The fourth-order valence-electron chi connectivity index (χ4n) is 3.42. The minimum absolute atomic E-state index is 0.0866. The molecule has 0 aromatic carbocycles. The summed E-state index contributed by atoms with van der Waals surface area (Å²) in [5.74, 6) is 0.695. The molecule has 0 saturated carbocycles. The van der Waals surface area contributed by atoms with Crippen molar-refractivity contribution in [1.82, 2.24) is 31.2 Å². The molecule has 2 atom stereocenters. The summed E-state index contributed by atoms with van der Waals surface area (Å²) in [6.45, 7) is 4.92. The van der Waals surface area contributed by atoms with Crippen LogP contribution >= 0.6 is 11.3 Å². The molecule has 0 spiro atoms. The molecule has 25 heavy (non-hydrogen) atoms. The van der Waals surface area contributed by atoms with Gasteiger partial charge in [-0.15, -0.1) is 11.3 Å². The number of nitrogens with zero attached hydrogens (tertiary/aromatic N) is 2. The number of hydrogen-bond acceptors (Lipinski definition) is 8. The molecular formula is C16H24N6O2S. The second-order valence-corrected chi connectivity index (χ2v) is 7.34. The van der Waals surface area contributed by atoms with Gasteiger partial charge in [-0.2, -0.15) is 0 Å². The Morgan fingerprint density at radius 1 is 1.32 bits per heavy atom. The number of nitrogens with one attached hydrogen (secondary N) is 4. The van der Waals surface area contributed by atoms with Gasteiger partial charge in [-0.3, -0.25) is 9.69 Å². The number of piperidine rings is 1.